The molecular weight excluding hydrogens is 226 g/mol. The predicted octanol–water partition coefficient (Wildman–Crippen LogP) is 1.75. The molecule has 1 aromatic heterocycles. The van der Waals surface area contributed by atoms with Gasteiger partial charge in [-0.05, 0) is 29.3 Å². The van der Waals surface area contributed by atoms with E-state index in [0.717, 1.165) is 11.1 Å². The van der Waals surface area contributed by atoms with Gasteiger partial charge in [-0.2, -0.15) is 5.26 Å². The van der Waals surface area contributed by atoms with E-state index in [1.165, 1.54) is 0 Å². The molecule has 0 aliphatic rings. The maximum Gasteiger partial charge on any atom is 0.224 e. The molecule has 0 fully saturated rings. The van der Waals surface area contributed by atoms with Crippen molar-refractivity contribution in [2.24, 2.45) is 0 Å². The molecule has 0 aliphatic heterocycles. The number of nitrogens with zero attached hydrogens (tertiary/aromatic N) is 1. The second kappa shape index (κ2) is 5.69. The van der Waals surface area contributed by atoms with Gasteiger partial charge in [0.1, 0.15) is 0 Å². The second-order valence-corrected chi connectivity index (χ2v) is 3.98. The molecule has 2 aromatic rings. The lowest BCUT2D eigenvalue weighted by Gasteiger charge is -2.04. The van der Waals surface area contributed by atoms with Gasteiger partial charge in [-0.25, -0.2) is 0 Å². The molecule has 4 heteroatoms. The van der Waals surface area contributed by atoms with Gasteiger partial charge in [0.2, 0.25) is 5.91 Å². The van der Waals surface area contributed by atoms with Crippen molar-refractivity contribution in [1.82, 2.24) is 10.3 Å². The van der Waals surface area contributed by atoms with Crippen molar-refractivity contribution in [3.05, 3.63) is 59.4 Å². The van der Waals surface area contributed by atoms with Gasteiger partial charge in [-0.3, -0.25) is 4.79 Å². The highest BCUT2D eigenvalue weighted by atomic mass is 16.1. The molecule has 0 saturated carbocycles. The van der Waals surface area contributed by atoms with Crippen molar-refractivity contribution in [2.75, 3.05) is 0 Å². The first-order valence-corrected chi connectivity index (χ1v) is 5.65. The fourth-order valence-electron chi connectivity index (χ4n) is 1.61. The summed E-state index contributed by atoms with van der Waals surface area (Å²) >= 11 is 0. The summed E-state index contributed by atoms with van der Waals surface area (Å²) < 4.78 is 0. The zero-order valence-electron chi connectivity index (χ0n) is 9.81. The van der Waals surface area contributed by atoms with Gasteiger partial charge < -0.3 is 10.3 Å². The predicted molar refractivity (Wildman–Crippen MR) is 67.5 cm³/mol. The highest BCUT2D eigenvalue weighted by Gasteiger charge is 2.03. The van der Waals surface area contributed by atoms with E-state index in [-0.39, 0.29) is 5.91 Å². The zero-order valence-corrected chi connectivity index (χ0v) is 9.81. The molecule has 0 spiro atoms. The Balaban J connectivity index is 1.85. The Morgan fingerprint density at radius 1 is 1.22 bits per heavy atom. The summed E-state index contributed by atoms with van der Waals surface area (Å²) in [6.45, 7) is 0.526. The maximum atomic E-state index is 11.7. The molecule has 1 amide bonds. The minimum atomic E-state index is -0.0269. The van der Waals surface area contributed by atoms with Gasteiger partial charge in [0.25, 0.3) is 0 Å². The van der Waals surface area contributed by atoms with Crippen LogP contribution in [0, 0.1) is 11.3 Å². The van der Waals surface area contributed by atoms with Crippen LogP contribution in [-0.4, -0.2) is 10.9 Å². The number of hydrogen-bond acceptors (Lipinski definition) is 2. The molecule has 0 unspecified atom stereocenters. The molecule has 18 heavy (non-hydrogen) atoms. The van der Waals surface area contributed by atoms with Crippen LogP contribution in [0.3, 0.4) is 0 Å². The van der Waals surface area contributed by atoms with Gasteiger partial charge in [-0.15, -0.1) is 0 Å². The molecule has 0 radical (unpaired) electrons. The minimum Gasteiger partial charge on any atom is -0.367 e. The summed E-state index contributed by atoms with van der Waals surface area (Å²) in [5.74, 6) is -0.0269. The summed E-state index contributed by atoms with van der Waals surface area (Å²) in [4.78, 5) is 14.6. The third-order valence-electron chi connectivity index (χ3n) is 2.60. The van der Waals surface area contributed by atoms with Crippen LogP contribution < -0.4 is 5.32 Å². The zero-order chi connectivity index (χ0) is 12.8. The average Bonchev–Trinajstić information content (AvgIpc) is 2.90. The van der Waals surface area contributed by atoms with Crippen molar-refractivity contribution < 1.29 is 4.79 Å². The van der Waals surface area contributed by atoms with E-state index in [4.69, 9.17) is 5.26 Å². The van der Waals surface area contributed by atoms with Gasteiger partial charge in [0, 0.05) is 18.9 Å². The van der Waals surface area contributed by atoms with Crippen molar-refractivity contribution in [3.63, 3.8) is 0 Å². The van der Waals surface area contributed by atoms with Crippen LogP contribution in [0.15, 0.2) is 42.7 Å². The number of nitriles is 1. The third kappa shape index (κ3) is 3.22. The standard InChI is InChI=1S/C14H13N3O/c15-8-12-3-1-11(2-4-12)7-14(18)17-10-13-5-6-16-9-13/h1-6,9,16H,7,10H2,(H,17,18). The summed E-state index contributed by atoms with van der Waals surface area (Å²) in [7, 11) is 0. The molecule has 0 saturated heterocycles. The molecule has 2 rings (SSSR count). The molecule has 4 nitrogen and oxygen atoms in total. The van der Waals surface area contributed by atoms with E-state index in [0.29, 0.717) is 18.5 Å². The fraction of sp³-hybridized carbons (Fsp3) is 0.143. The lowest BCUT2D eigenvalue weighted by atomic mass is 10.1. The molecule has 1 heterocycles. The Kier molecular flexibility index (Phi) is 3.77. The quantitative estimate of drug-likeness (QED) is 0.853. The lowest BCUT2D eigenvalue weighted by Crippen LogP contribution is -2.24. The Morgan fingerprint density at radius 2 is 2.00 bits per heavy atom. The SMILES string of the molecule is N#Cc1ccc(CC(=O)NCc2cc[nH]c2)cc1. The van der Waals surface area contributed by atoms with Crippen LogP contribution in [0.25, 0.3) is 0 Å². The fourth-order valence-corrected chi connectivity index (χ4v) is 1.61. The minimum absolute atomic E-state index is 0.0269. The Hall–Kier alpha value is -2.54. The first-order chi connectivity index (χ1) is 8.78. The van der Waals surface area contributed by atoms with E-state index < -0.39 is 0 Å². The van der Waals surface area contributed by atoms with Crippen molar-refractivity contribution in [2.45, 2.75) is 13.0 Å². The highest BCUT2D eigenvalue weighted by molar-refractivity contribution is 5.78. The monoisotopic (exact) mass is 239 g/mol. The normalized spacial score (nSPS) is 9.72. The summed E-state index contributed by atoms with van der Waals surface area (Å²) in [6.07, 6.45) is 4.00. The molecule has 0 bridgehead atoms. The van der Waals surface area contributed by atoms with Gasteiger partial charge in [-0.1, -0.05) is 12.1 Å². The molecular formula is C14H13N3O. The van der Waals surface area contributed by atoms with E-state index >= 15 is 0 Å². The summed E-state index contributed by atoms with van der Waals surface area (Å²) in [5, 5.41) is 11.5. The number of benzene rings is 1. The van der Waals surface area contributed by atoms with E-state index in [2.05, 4.69) is 10.3 Å². The van der Waals surface area contributed by atoms with Gasteiger partial charge >= 0.3 is 0 Å². The first kappa shape index (κ1) is 11.9. The van der Waals surface area contributed by atoms with Crippen LogP contribution in [0.4, 0.5) is 0 Å². The van der Waals surface area contributed by atoms with Crippen LogP contribution >= 0.6 is 0 Å². The number of aromatic amines is 1. The molecule has 1 aromatic carbocycles. The molecule has 90 valence electrons. The third-order valence-corrected chi connectivity index (χ3v) is 2.60. The van der Waals surface area contributed by atoms with Crippen LogP contribution in [0.5, 0.6) is 0 Å². The Labute approximate surface area is 105 Å². The number of nitrogens with one attached hydrogen (secondary N) is 2. The summed E-state index contributed by atoms with van der Waals surface area (Å²) in [5.41, 5.74) is 2.55. The number of aromatic nitrogens is 1. The van der Waals surface area contributed by atoms with E-state index in [9.17, 15) is 4.79 Å². The lowest BCUT2D eigenvalue weighted by molar-refractivity contribution is -0.120. The average molecular weight is 239 g/mol. The van der Waals surface area contributed by atoms with Crippen LogP contribution in [-0.2, 0) is 17.8 Å². The Morgan fingerprint density at radius 3 is 2.61 bits per heavy atom. The maximum absolute atomic E-state index is 11.7. The molecule has 2 N–H and O–H groups in total. The number of carbonyl (C=O) groups is 1. The summed E-state index contributed by atoms with van der Waals surface area (Å²) in [6, 6.07) is 11.0. The van der Waals surface area contributed by atoms with Gasteiger partial charge in [0.05, 0.1) is 18.1 Å². The van der Waals surface area contributed by atoms with Crippen molar-refractivity contribution in [1.29, 1.82) is 5.26 Å². The first-order valence-electron chi connectivity index (χ1n) is 5.65. The van der Waals surface area contributed by atoms with Gasteiger partial charge in [0.15, 0.2) is 0 Å². The number of amides is 1. The number of hydrogen-bond donors (Lipinski definition) is 2. The largest absolute Gasteiger partial charge is 0.367 e. The van der Waals surface area contributed by atoms with Crippen molar-refractivity contribution in [3.8, 4) is 6.07 Å². The second-order valence-electron chi connectivity index (χ2n) is 3.98. The smallest absolute Gasteiger partial charge is 0.224 e. The number of H-pyrrole nitrogens is 1. The topological polar surface area (TPSA) is 68.7 Å². The Bertz CT molecular complexity index is 550. The number of rotatable bonds is 4. The van der Waals surface area contributed by atoms with Crippen LogP contribution in [0.1, 0.15) is 16.7 Å². The highest BCUT2D eigenvalue weighted by Crippen LogP contribution is 2.04. The van der Waals surface area contributed by atoms with E-state index in [1.54, 1.807) is 24.3 Å². The van der Waals surface area contributed by atoms with Crippen molar-refractivity contribution >= 4 is 5.91 Å². The van der Waals surface area contributed by atoms with E-state index in [1.807, 2.05) is 24.5 Å². The van der Waals surface area contributed by atoms with Crippen LogP contribution in [0.2, 0.25) is 0 Å². The number of carbonyl (C=O) groups excluding carboxylic acids is 1. The molecule has 0 atom stereocenters. The molecule has 0 aliphatic carbocycles.